The maximum absolute atomic E-state index is 5.65. The molecule has 0 aliphatic rings. The van der Waals surface area contributed by atoms with Crippen LogP contribution in [-0.4, -0.2) is 29.6 Å². The maximum Gasteiger partial charge on any atom is 0.277 e. The average molecular weight is 333 g/mol. The number of nitrogens with zero attached hydrogens (tertiary/aromatic N) is 3. The normalized spacial score (nSPS) is 10.7. The van der Waals surface area contributed by atoms with E-state index in [2.05, 4.69) is 15.4 Å². The van der Waals surface area contributed by atoms with Crippen LogP contribution in [0.5, 0.6) is 11.5 Å². The molecule has 2 heterocycles. The van der Waals surface area contributed by atoms with E-state index in [1.807, 2.05) is 19.1 Å². The Hall–Kier alpha value is -2.48. The standard InChI is InChI=1S/C15H15N3O4S/c1-9-6-11(22-18-9)8-23-15-17-16-14(21-15)10-4-5-12(19-2)13(7-10)20-3/h4-7H,8H2,1-3H3. The van der Waals surface area contributed by atoms with E-state index in [9.17, 15) is 0 Å². The highest BCUT2D eigenvalue weighted by Gasteiger charge is 2.13. The molecule has 2 aromatic heterocycles. The van der Waals surface area contributed by atoms with E-state index < -0.39 is 0 Å². The largest absolute Gasteiger partial charge is 0.493 e. The second-order valence-electron chi connectivity index (χ2n) is 4.67. The monoisotopic (exact) mass is 333 g/mol. The van der Waals surface area contributed by atoms with Crippen molar-refractivity contribution in [2.45, 2.75) is 17.9 Å². The molecule has 0 radical (unpaired) electrons. The molecule has 0 N–H and O–H groups in total. The number of rotatable bonds is 6. The predicted molar refractivity (Wildman–Crippen MR) is 83.6 cm³/mol. The molecule has 23 heavy (non-hydrogen) atoms. The van der Waals surface area contributed by atoms with Crippen LogP contribution in [0.2, 0.25) is 0 Å². The summed E-state index contributed by atoms with van der Waals surface area (Å²) in [4.78, 5) is 0. The van der Waals surface area contributed by atoms with Crippen molar-refractivity contribution in [2.75, 3.05) is 14.2 Å². The predicted octanol–water partition coefficient (Wildman–Crippen LogP) is 3.34. The molecule has 0 aliphatic carbocycles. The SMILES string of the molecule is COc1ccc(-c2nnc(SCc3cc(C)no3)o2)cc1OC. The lowest BCUT2D eigenvalue weighted by Gasteiger charge is -2.07. The molecule has 0 aliphatic heterocycles. The van der Waals surface area contributed by atoms with Gasteiger partial charge < -0.3 is 18.4 Å². The molecular weight excluding hydrogens is 318 g/mol. The fourth-order valence-corrected chi connectivity index (χ4v) is 2.61. The molecule has 8 heteroatoms. The molecule has 0 fully saturated rings. The third-order valence-corrected chi connectivity index (χ3v) is 3.89. The number of thioether (sulfide) groups is 1. The van der Waals surface area contributed by atoms with Crippen LogP contribution in [0.3, 0.4) is 0 Å². The summed E-state index contributed by atoms with van der Waals surface area (Å²) in [6, 6.07) is 7.30. The minimum absolute atomic E-state index is 0.419. The summed E-state index contributed by atoms with van der Waals surface area (Å²) < 4.78 is 21.3. The fourth-order valence-electron chi connectivity index (χ4n) is 1.97. The van der Waals surface area contributed by atoms with E-state index >= 15 is 0 Å². The van der Waals surface area contributed by atoms with Crippen LogP contribution >= 0.6 is 11.8 Å². The highest BCUT2D eigenvalue weighted by Crippen LogP contribution is 2.33. The Morgan fingerprint density at radius 2 is 1.91 bits per heavy atom. The molecule has 0 saturated carbocycles. The Morgan fingerprint density at radius 3 is 2.61 bits per heavy atom. The van der Waals surface area contributed by atoms with Gasteiger partial charge in [0.2, 0.25) is 5.89 Å². The van der Waals surface area contributed by atoms with Gasteiger partial charge in [-0.2, -0.15) is 0 Å². The summed E-state index contributed by atoms with van der Waals surface area (Å²) in [6.07, 6.45) is 0. The van der Waals surface area contributed by atoms with Crippen molar-refractivity contribution in [1.82, 2.24) is 15.4 Å². The van der Waals surface area contributed by atoms with E-state index in [1.54, 1.807) is 26.4 Å². The number of benzene rings is 1. The minimum atomic E-state index is 0.419. The molecule has 0 atom stereocenters. The van der Waals surface area contributed by atoms with Gasteiger partial charge in [0, 0.05) is 11.6 Å². The van der Waals surface area contributed by atoms with E-state index in [0.29, 0.717) is 28.4 Å². The van der Waals surface area contributed by atoms with Crippen molar-refractivity contribution in [2.24, 2.45) is 0 Å². The second kappa shape index (κ2) is 6.74. The average Bonchev–Trinajstić information content (AvgIpc) is 3.21. The zero-order chi connectivity index (χ0) is 16.2. The summed E-state index contributed by atoms with van der Waals surface area (Å²) in [5.74, 6) is 3.01. The Kier molecular flexibility index (Phi) is 4.52. The molecule has 120 valence electrons. The minimum Gasteiger partial charge on any atom is -0.493 e. The van der Waals surface area contributed by atoms with Crippen LogP contribution in [0.4, 0.5) is 0 Å². The lowest BCUT2D eigenvalue weighted by molar-refractivity contribution is 0.355. The summed E-state index contributed by atoms with van der Waals surface area (Å²) in [7, 11) is 3.17. The zero-order valence-electron chi connectivity index (χ0n) is 12.9. The van der Waals surface area contributed by atoms with Crippen LogP contribution in [0.15, 0.2) is 38.4 Å². The molecule has 0 amide bonds. The van der Waals surface area contributed by atoms with Gasteiger partial charge in [0.1, 0.15) is 5.76 Å². The van der Waals surface area contributed by atoms with Crippen molar-refractivity contribution < 1.29 is 18.4 Å². The topological polar surface area (TPSA) is 83.4 Å². The third-order valence-electron chi connectivity index (χ3n) is 3.05. The second-order valence-corrected chi connectivity index (χ2v) is 5.59. The van der Waals surface area contributed by atoms with Gasteiger partial charge in [-0.1, -0.05) is 16.9 Å². The molecule has 0 spiro atoms. The van der Waals surface area contributed by atoms with E-state index in [0.717, 1.165) is 17.0 Å². The molecule has 3 aromatic rings. The lowest BCUT2D eigenvalue weighted by atomic mass is 10.2. The molecular formula is C15H15N3O4S. The van der Waals surface area contributed by atoms with Gasteiger partial charge >= 0.3 is 0 Å². The summed E-state index contributed by atoms with van der Waals surface area (Å²) in [6.45, 7) is 1.87. The van der Waals surface area contributed by atoms with Crippen molar-refractivity contribution >= 4 is 11.8 Å². The summed E-state index contributed by atoms with van der Waals surface area (Å²) >= 11 is 1.39. The Balaban J connectivity index is 1.73. The first-order valence-electron chi connectivity index (χ1n) is 6.80. The molecule has 0 bridgehead atoms. The molecule has 1 aromatic carbocycles. The van der Waals surface area contributed by atoms with Crippen LogP contribution in [-0.2, 0) is 5.75 Å². The number of hydrogen-bond acceptors (Lipinski definition) is 8. The van der Waals surface area contributed by atoms with Gasteiger partial charge in [-0.15, -0.1) is 10.2 Å². The fraction of sp³-hybridized carbons (Fsp3) is 0.267. The van der Waals surface area contributed by atoms with Gasteiger partial charge in [0.25, 0.3) is 5.22 Å². The Morgan fingerprint density at radius 1 is 1.09 bits per heavy atom. The van der Waals surface area contributed by atoms with E-state index in [1.165, 1.54) is 11.8 Å². The number of hydrogen-bond donors (Lipinski definition) is 0. The number of aromatic nitrogens is 3. The van der Waals surface area contributed by atoms with Gasteiger partial charge in [-0.25, -0.2) is 0 Å². The zero-order valence-corrected chi connectivity index (χ0v) is 13.7. The molecule has 7 nitrogen and oxygen atoms in total. The number of aryl methyl sites for hydroxylation is 1. The van der Waals surface area contributed by atoms with Crippen molar-refractivity contribution in [1.29, 1.82) is 0 Å². The van der Waals surface area contributed by atoms with E-state index in [-0.39, 0.29) is 0 Å². The first-order chi connectivity index (χ1) is 11.2. The van der Waals surface area contributed by atoms with Crippen molar-refractivity contribution in [3.8, 4) is 23.0 Å². The third kappa shape index (κ3) is 3.48. The van der Waals surface area contributed by atoms with Crippen LogP contribution in [0.25, 0.3) is 11.5 Å². The quantitative estimate of drug-likeness (QED) is 0.635. The van der Waals surface area contributed by atoms with Gasteiger partial charge in [0.05, 0.1) is 25.7 Å². The lowest BCUT2D eigenvalue weighted by Crippen LogP contribution is -1.90. The summed E-state index contributed by atoms with van der Waals surface area (Å²) in [5.41, 5.74) is 1.61. The van der Waals surface area contributed by atoms with Crippen molar-refractivity contribution in [3.05, 3.63) is 35.7 Å². The van der Waals surface area contributed by atoms with Crippen LogP contribution < -0.4 is 9.47 Å². The molecule has 0 saturated heterocycles. The number of ether oxygens (including phenoxy) is 2. The van der Waals surface area contributed by atoms with Gasteiger partial charge in [-0.3, -0.25) is 0 Å². The van der Waals surface area contributed by atoms with Gasteiger partial charge in [-0.05, 0) is 25.1 Å². The van der Waals surface area contributed by atoms with Crippen LogP contribution in [0, 0.1) is 6.92 Å². The number of methoxy groups -OCH3 is 2. The summed E-state index contributed by atoms with van der Waals surface area (Å²) in [5, 5.41) is 12.4. The highest BCUT2D eigenvalue weighted by molar-refractivity contribution is 7.98. The first-order valence-corrected chi connectivity index (χ1v) is 7.79. The van der Waals surface area contributed by atoms with Crippen LogP contribution in [0.1, 0.15) is 11.5 Å². The molecule has 0 unspecified atom stereocenters. The van der Waals surface area contributed by atoms with E-state index in [4.69, 9.17) is 18.4 Å². The first kappa shape index (κ1) is 15.4. The maximum atomic E-state index is 5.65. The highest BCUT2D eigenvalue weighted by atomic mass is 32.2. The van der Waals surface area contributed by atoms with Crippen molar-refractivity contribution in [3.63, 3.8) is 0 Å². The molecule has 3 rings (SSSR count). The Labute approximate surface area is 137 Å². The van der Waals surface area contributed by atoms with Gasteiger partial charge in [0.15, 0.2) is 11.5 Å². The Bertz CT molecular complexity index is 800. The smallest absolute Gasteiger partial charge is 0.277 e.